The Morgan fingerprint density at radius 2 is 1.17 bits per heavy atom. The summed E-state index contributed by atoms with van der Waals surface area (Å²) in [7, 11) is 0. The lowest BCUT2D eigenvalue weighted by atomic mass is 9.43. The average Bonchev–Trinajstić information content (AvgIpc) is 3.86. The Kier molecular flexibility index (Phi) is 10.1. The molecule has 10 aromatic rings. The first-order valence-corrected chi connectivity index (χ1v) is 25.9. The molecule has 1 aliphatic carbocycles. The molecule has 336 valence electrons. The smallest absolute Gasteiger partial charge is 0.333 e. The number of unbranched alkanes of at least 4 members (excludes halogenated alkanes) is 4. The summed E-state index contributed by atoms with van der Waals surface area (Å²) >= 11 is 0. The molecular weight excluding hydrogens is 832 g/mol. The van der Waals surface area contributed by atoms with Gasteiger partial charge < -0.3 is 9.38 Å². The minimum atomic E-state index is -0.152. The van der Waals surface area contributed by atoms with Gasteiger partial charge in [0.1, 0.15) is 0 Å². The summed E-state index contributed by atoms with van der Waals surface area (Å²) in [5.74, 6) is -0.00711. The SMILES string of the molecule is CCCCCc1ccc(N2B3c4cc(CCCCC)ccc4-n4c5ccc6ccccc6c5c5c(C(c6ccccc6)c6ccccc6)cc(c3c54)-c3cc4c(cc32)C(C)(C)c2ccccc2-4)cc1. The van der Waals surface area contributed by atoms with Gasteiger partial charge in [-0.2, -0.15) is 0 Å². The van der Waals surface area contributed by atoms with E-state index in [1.54, 1.807) is 0 Å². The van der Waals surface area contributed by atoms with Crippen LogP contribution in [-0.2, 0) is 18.3 Å². The molecule has 3 heteroatoms. The summed E-state index contributed by atoms with van der Waals surface area (Å²) in [6.07, 6.45) is 9.56. The predicted octanol–water partition coefficient (Wildman–Crippen LogP) is 16.1. The van der Waals surface area contributed by atoms with Crippen LogP contribution in [0.5, 0.6) is 0 Å². The first-order chi connectivity index (χ1) is 33.9. The molecule has 2 aliphatic heterocycles. The van der Waals surface area contributed by atoms with Crippen LogP contribution in [0.1, 0.15) is 111 Å². The molecule has 69 heavy (non-hydrogen) atoms. The highest BCUT2D eigenvalue weighted by Crippen LogP contribution is 2.55. The maximum atomic E-state index is 2.77. The van der Waals surface area contributed by atoms with Gasteiger partial charge >= 0.3 is 6.85 Å². The highest BCUT2D eigenvalue weighted by Gasteiger charge is 2.47. The first-order valence-electron chi connectivity index (χ1n) is 25.9. The van der Waals surface area contributed by atoms with Gasteiger partial charge in [-0.1, -0.05) is 193 Å². The molecule has 0 fully saturated rings. The molecular formula is C66H59BN2. The molecule has 3 aliphatic rings. The van der Waals surface area contributed by atoms with E-state index in [4.69, 9.17) is 0 Å². The summed E-state index contributed by atoms with van der Waals surface area (Å²) in [6.45, 7) is 9.42. The maximum absolute atomic E-state index is 2.77. The van der Waals surface area contributed by atoms with Crippen LogP contribution in [0.15, 0.2) is 182 Å². The van der Waals surface area contributed by atoms with Crippen molar-refractivity contribution in [1.29, 1.82) is 0 Å². The van der Waals surface area contributed by atoms with Gasteiger partial charge in [0.05, 0.1) is 11.0 Å². The summed E-state index contributed by atoms with van der Waals surface area (Å²) in [5.41, 5.74) is 24.1. The predicted molar refractivity (Wildman–Crippen MR) is 295 cm³/mol. The lowest BCUT2D eigenvalue weighted by molar-refractivity contribution is 0.660. The van der Waals surface area contributed by atoms with Crippen molar-refractivity contribution in [3.8, 4) is 27.9 Å². The van der Waals surface area contributed by atoms with Gasteiger partial charge in [-0.3, -0.25) is 0 Å². The maximum Gasteiger partial charge on any atom is 0.333 e. The fraction of sp³-hybridized carbons (Fsp3) is 0.212. The van der Waals surface area contributed by atoms with Crippen LogP contribution in [-0.4, -0.2) is 11.4 Å². The highest BCUT2D eigenvalue weighted by molar-refractivity contribution is 6.93. The average molecular weight is 891 g/mol. The second kappa shape index (κ2) is 16.6. The molecule has 2 nitrogen and oxygen atoms in total. The molecule has 0 bridgehead atoms. The number of fused-ring (bicyclic) bond motifs is 13. The van der Waals surface area contributed by atoms with Crippen LogP contribution in [0.25, 0.3) is 60.5 Å². The lowest BCUT2D eigenvalue weighted by Crippen LogP contribution is -2.60. The first kappa shape index (κ1) is 42.0. The molecule has 1 aromatic heterocycles. The summed E-state index contributed by atoms with van der Waals surface area (Å²) in [5, 5.41) is 5.28. The summed E-state index contributed by atoms with van der Waals surface area (Å²) in [6, 6.07) is 70.8. The standard InChI is InChI=1S/C66H59BN2/c1-5-7-11-21-43-31-35-48(36-32-43)69-60-42-56-51(50-29-19-20-30-55(50)66(56,3)4)40-52(60)53-41-54(61(46-24-13-9-14-25-46)47-26-15-10-16-27-47)63-62-49-28-18-17-23-45(49)34-38-59(62)68-58-37-33-44(22-12-8-6-2)39-57(58)67(69)64(53)65(63)68/h9-10,13-20,23-42,61H,5-8,11-12,21-22H2,1-4H3. The molecule has 0 radical (unpaired) electrons. The topological polar surface area (TPSA) is 8.17 Å². The molecule has 0 amide bonds. The number of rotatable bonds is 12. The Morgan fingerprint density at radius 3 is 1.91 bits per heavy atom. The zero-order valence-electron chi connectivity index (χ0n) is 40.5. The molecule has 0 saturated heterocycles. The van der Waals surface area contributed by atoms with Crippen molar-refractivity contribution in [1.82, 2.24) is 4.57 Å². The number of benzene rings is 9. The molecule has 0 unspecified atom stereocenters. The summed E-state index contributed by atoms with van der Waals surface area (Å²) < 4.78 is 2.69. The zero-order chi connectivity index (χ0) is 46.4. The van der Waals surface area contributed by atoms with Crippen LogP contribution in [0.4, 0.5) is 11.4 Å². The van der Waals surface area contributed by atoms with E-state index < -0.39 is 0 Å². The van der Waals surface area contributed by atoms with E-state index >= 15 is 0 Å². The van der Waals surface area contributed by atoms with E-state index in [2.05, 4.69) is 219 Å². The van der Waals surface area contributed by atoms with Crippen molar-refractivity contribution < 1.29 is 0 Å². The van der Waals surface area contributed by atoms with Crippen LogP contribution in [0, 0.1) is 0 Å². The molecule has 0 atom stereocenters. The quantitative estimate of drug-likeness (QED) is 0.0674. The molecule has 3 heterocycles. The third kappa shape index (κ3) is 6.46. The Balaban J connectivity index is 1.21. The van der Waals surface area contributed by atoms with E-state index in [0.717, 1.165) is 12.8 Å². The van der Waals surface area contributed by atoms with Crippen molar-refractivity contribution in [3.05, 3.63) is 221 Å². The van der Waals surface area contributed by atoms with E-state index in [9.17, 15) is 0 Å². The van der Waals surface area contributed by atoms with Crippen molar-refractivity contribution in [3.63, 3.8) is 0 Å². The number of nitrogens with zero attached hydrogens (tertiary/aromatic N) is 2. The van der Waals surface area contributed by atoms with Crippen molar-refractivity contribution >= 4 is 61.7 Å². The van der Waals surface area contributed by atoms with Gasteiger partial charge in [-0.25, -0.2) is 0 Å². The van der Waals surface area contributed by atoms with Crippen LogP contribution >= 0.6 is 0 Å². The Hall–Kier alpha value is -7.10. The van der Waals surface area contributed by atoms with Gasteiger partial charge in [-0.05, 0) is 145 Å². The molecule has 0 saturated carbocycles. The van der Waals surface area contributed by atoms with Crippen molar-refractivity contribution in [2.45, 2.75) is 90.4 Å². The van der Waals surface area contributed by atoms with Gasteiger partial charge in [0.2, 0.25) is 0 Å². The van der Waals surface area contributed by atoms with Gasteiger partial charge in [0.25, 0.3) is 0 Å². The van der Waals surface area contributed by atoms with Crippen LogP contribution in [0.2, 0.25) is 0 Å². The third-order valence-electron chi connectivity index (χ3n) is 16.3. The normalized spacial score (nSPS) is 13.9. The fourth-order valence-corrected chi connectivity index (χ4v) is 13.0. The van der Waals surface area contributed by atoms with Crippen molar-refractivity contribution in [2.75, 3.05) is 4.81 Å². The van der Waals surface area contributed by atoms with E-state index in [1.807, 2.05) is 0 Å². The minimum absolute atomic E-state index is 0.00711. The van der Waals surface area contributed by atoms with E-state index in [0.29, 0.717) is 0 Å². The van der Waals surface area contributed by atoms with E-state index in [-0.39, 0.29) is 18.2 Å². The van der Waals surface area contributed by atoms with Gasteiger partial charge in [0, 0.05) is 44.7 Å². The number of hydrogen-bond donors (Lipinski definition) is 0. The monoisotopic (exact) mass is 890 g/mol. The Bertz CT molecular complexity index is 3580. The summed E-state index contributed by atoms with van der Waals surface area (Å²) in [4.78, 5) is 2.77. The number of aromatic nitrogens is 1. The number of aryl methyl sites for hydroxylation is 2. The van der Waals surface area contributed by atoms with Gasteiger partial charge in [0.15, 0.2) is 0 Å². The fourth-order valence-electron chi connectivity index (χ4n) is 13.0. The number of anilines is 2. The Labute approximate surface area is 408 Å². The second-order valence-electron chi connectivity index (χ2n) is 20.8. The van der Waals surface area contributed by atoms with Crippen molar-refractivity contribution in [2.24, 2.45) is 0 Å². The second-order valence-corrected chi connectivity index (χ2v) is 20.8. The number of hydrogen-bond acceptors (Lipinski definition) is 1. The highest BCUT2D eigenvalue weighted by atomic mass is 15.1. The zero-order valence-corrected chi connectivity index (χ0v) is 40.5. The third-order valence-corrected chi connectivity index (χ3v) is 16.3. The van der Waals surface area contributed by atoms with E-state index in [1.165, 1.54) is 160 Å². The molecule has 0 spiro atoms. The molecule has 0 N–H and O–H groups in total. The van der Waals surface area contributed by atoms with Gasteiger partial charge in [-0.15, -0.1) is 0 Å². The lowest BCUT2D eigenvalue weighted by Gasteiger charge is -2.43. The van der Waals surface area contributed by atoms with Crippen LogP contribution in [0.3, 0.4) is 0 Å². The Morgan fingerprint density at radius 1 is 0.507 bits per heavy atom. The molecule has 9 aromatic carbocycles. The minimum Gasteiger partial charge on any atom is -0.376 e. The molecule has 13 rings (SSSR count). The largest absolute Gasteiger partial charge is 0.376 e. The van der Waals surface area contributed by atoms with Crippen LogP contribution < -0.4 is 15.7 Å².